The van der Waals surface area contributed by atoms with E-state index >= 15 is 0 Å². The van der Waals surface area contributed by atoms with Crippen molar-refractivity contribution in [3.05, 3.63) is 24.0 Å². The van der Waals surface area contributed by atoms with E-state index in [0.717, 1.165) is 24.3 Å². The molecule has 4 nitrogen and oxygen atoms in total. The van der Waals surface area contributed by atoms with Crippen LogP contribution in [-0.4, -0.2) is 54.1 Å². The molecule has 18 heavy (non-hydrogen) atoms. The molecule has 0 spiro atoms. The number of anilines is 1. The Labute approximate surface area is 110 Å². The topological polar surface area (TPSA) is 45.4 Å². The molecule has 0 unspecified atom stereocenters. The van der Waals surface area contributed by atoms with Gasteiger partial charge in [0.1, 0.15) is 0 Å². The van der Waals surface area contributed by atoms with Crippen LogP contribution >= 0.6 is 0 Å². The van der Waals surface area contributed by atoms with E-state index in [1.165, 1.54) is 39.1 Å². The highest BCUT2D eigenvalue weighted by molar-refractivity contribution is 5.34. The predicted molar refractivity (Wildman–Crippen MR) is 75.5 cm³/mol. The molecular weight excluding hydrogens is 224 g/mol. The Balaban J connectivity index is 1.70. The van der Waals surface area contributed by atoms with E-state index in [2.05, 4.69) is 21.7 Å². The van der Waals surface area contributed by atoms with Crippen molar-refractivity contribution in [3.8, 4) is 0 Å². The minimum atomic E-state index is 0.743. The molecule has 0 aliphatic carbocycles. The van der Waals surface area contributed by atoms with Gasteiger partial charge in [0.2, 0.25) is 0 Å². The summed E-state index contributed by atoms with van der Waals surface area (Å²) in [5.41, 5.74) is 7.51. The van der Waals surface area contributed by atoms with Gasteiger partial charge in [0.25, 0.3) is 0 Å². The standard InChI is InChI=1S/C14H24N4/c1-2-6-17-8-10-18(11-9-17)7-5-14-4-3-13(15)12-16-14/h3-4,12H,2,5-11,15H2,1H3. The second-order valence-electron chi connectivity index (χ2n) is 5.02. The third kappa shape index (κ3) is 3.96. The van der Waals surface area contributed by atoms with Gasteiger partial charge in [-0.25, -0.2) is 0 Å². The van der Waals surface area contributed by atoms with Crippen molar-refractivity contribution in [1.82, 2.24) is 14.8 Å². The molecule has 1 aliphatic rings. The average Bonchev–Trinajstić information content (AvgIpc) is 2.40. The lowest BCUT2D eigenvalue weighted by atomic mass is 10.2. The van der Waals surface area contributed by atoms with Crippen LogP contribution in [0.3, 0.4) is 0 Å². The number of piperazine rings is 1. The van der Waals surface area contributed by atoms with Crippen molar-refractivity contribution in [3.63, 3.8) is 0 Å². The maximum absolute atomic E-state index is 5.63. The van der Waals surface area contributed by atoms with Crippen LogP contribution in [0.1, 0.15) is 19.0 Å². The van der Waals surface area contributed by atoms with E-state index in [4.69, 9.17) is 5.73 Å². The second kappa shape index (κ2) is 6.71. The SMILES string of the molecule is CCCN1CCN(CCc2ccc(N)cn2)CC1. The van der Waals surface area contributed by atoms with Gasteiger partial charge in [-0.05, 0) is 25.1 Å². The minimum Gasteiger partial charge on any atom is -0.397 e. The van der Waals surface area contributed by atoms with Crippen molar-refractivity contribution in [2.75, 3.05) is 45.0 Å². The average molecular weight is 248 g/mol. The first-order chi connectivity index (χ1) is 8.78. The molecule has 1 aliphatic heterocycles. The van der Waals surface area contributed by atoms with Gasteiger partial charge in [0, 0.05) is 44.8 Å². The zero-order valence-electron chi connectivity index (χ0n) is 11.3. The molecule has 2 heterocycles. The van der Waals surface area contributed by atoms with Crippen molar-refractivity contribution in [2.45, 2.75) is 19.8 Å². The maximum Gasteiger partial charge on any atom is 0.0501 e. The van der Waals surface area contributed by atoms with Gasteiger partial charge in [-0.3, -0.25) is 4.98 Å². The van der Waals surface area contributed by atoms with E-state index in [0.29, 0.717) is 0 Å². The van der Waals surface area contributed by atoms with Gasteiger partial charge < -0.3 is 15.5 Å². The summed E-state index contributed by atoms with van der Waals surface area (Å²) in [7, 11) is 0. The van der Waals surface area contributed by atoms with Crippen molar-refractivity contribution >= 4 is 5.69 Å². The lowest BCUT2D eigenvalue weighted by molar-refractivity contribution is 0.133. The molecule has 1 saturated heterocycles. The molecule has 1 fully saturated rings. The summed E-state index contributed by atoms with van der Waals surface area (Å²) in [5, 5.41) is 0. The summed E-state index contributed by atoms with van der Waals surface area (Å²) in [6.07, 6.45) is 4.03. The molecule has 0 atom stereocenters. The number of hydrogen-bond donors (Lipinski definition) is 1. The van der Waals surface area contributed by atoms with Crippen LogP contribution in [0.25, 0.3) is 0 Å². The Bertz CT molecular complexity index is 341. The van der Waals surface area contributed by atoms with Crippen LogP contribution in [0, 0.1) is 0 Å². The van der Waals surface area contributed by atoms with Crippen molar-refractivity contribution < 1.29 is 0 Å². The summed E-state index contributed by atoms with van der Waals surface area (Å²) < 4.78 is 0. The Morgan fingerprint density at radius 3 is 2.33 bits per heavy atom. The zero-order chi connectivity index (χ0) is 12.8. The first-order valence-electron chi connectivity index (χ1n) is 6.93. The van der Waals surface area contributed by atoms with Crippen molar-refractivity contribution in [1.29, 1.82) is 0 Å². The molecule has 4 heteroatoms. The fourth-order valence-corrected chi connectivity index (χ4v) is 2.41. The van der Waals surface area contributed by atoms with Crippen LogP contribution in [-0.2, 0) is 6.42 Å². The molecule has 2 N–H and O–H groups in total. The Kier molecular flexibility index (Phi) is 4.96. The van der Waals surface area contributed by atoms with Crippen molar-refractivity contribution in [2.24, 2.45) is 0 Å². The fraction of sp³-hybridized carbons (Fsp3) is 0.643. The largest absolute Gasteiger partial charge is 0.397 e. The van der Waals surface area contributed by atoms with Crippen LogP contribution in [0.2, 0.25) is 0 Å². The molecule has 0 aromatic carbocycles. The number of hydrogen-bond acceptors (Lipinski definition) is 4. The van der Waals surface area contributed by atoms with Gasteiger partial charge in [-0.15, -0.1) is 0 Å². The minimum absolute atomic E-state index is 0.743. The lowest BCUT2D eigenvalue weighted by Crippen LogP contribution is -2.47. The van der Waals surface area contributed by atoms with Gasteiger partial charge in [0.05, 0.1) is 11.9 Å². The lowest BCUT2D eigenvalue weighted by Gasteiger charge is -2.34. The molecule has 1 aromatic heterocycles. The van der Waals surface area contributed by atoms with E-state index in [1.807, 2.05) is 12.1 Å². The fourth-order valence-electron chi connectivity index (χ4n) is 2.41. The smallest absolute Gasteiger partial charge is 0.0501 e. The number of nitrogen functional groups attached to an aromatic ring is 1. The first kappa shape index (κ1) is 13.3. The highest BCUT2D eigenvalue weighted by atomic mass is 15.3. The number of nitrogens with two attached hydrogens (primary N) is 1. The third-order valence-corrected chi connectivity index (χ3v) is 3.54. The predicted octanol–water partition coefficient (Wildman–Crippen LogP) is 1.23. The number of aromatic nitrogens is 1. The summed E-state index contributed by atoms with van der Waals surface area (Å²) in [5.74, 6) is 0. The summed E-state index contributed by atoms with van der Waals surface area (Å²) in [4.78, 5) is 9.43. The van der Waals surface area contributed by atoms with Gasteiger partial charge in [-0.1, -0.05) is 6.92 Å². The zero-order valence-corrected chi connectivity index (χ0v) is 11.3. The molecule has 0 bridgehead atoms. The quantitative estimate of drug-likeness (QED) is 0.851. The summed E-state index contributed by atoms with van der Waals surface area (Å²) in [6.45, 7) is 9.40. The second-order valence-corrected chi connectivity index (χ2v) is 5.02. The molecule has 0 saturated carbocycles. The van der Waals surface area contributed by atoms with Crippen LogP contribution in [0.5, 0.6) is 0 Å². The number of nitrogens with zero attached hydrogens (tertiary/aromatic N) is 3. The molecule has 2 rings (SSSR count). The normalized spacial score (nSPS) is 18.1. The molecule has 1 aromatic rings. The Morgan fingerprint density at radius 2 is 1.78 bits per heavy atom. The number of rotatable bonds is 5. The Hall–Kier alpha value is -1.13. The number of pyridine rings is 1. The van der Waals surface area contributed by atoms with E-state index in [9.17, 15) is 0 Å². The van der Waals surface area contributed by atoms with Gasteiger partial charge >= 0.3 is 0 Å². The van der Waals surface area contributed by atoms with Crippen LogP contribution in [0.15, 0.2) is 18.3 Å². The van der Waals surface area contributed by atoms with Crippen LogP contribution < -0.4 is 5.73 Å². The molecule has 100 valence electrons. The monoisotopic (exact) mass is 248 g/mol. The highest BCUT2D eigenvalue weighted by Gasteiger charge is 2.15. The van der Waals surface area contributed by atoms with E-state index in [-0.39, 0.29) is 0 Å². The Morgan fingerprint density at radius 1 is 1.11 bits per heavy atom. The van der Waals surface area contributed by atoms with Crippen LogP contribution in [0.4, 0.5) is 5.69 Å². The molecular formula is C14H24N4. The maximum atomic E-state index is 5.63. The third-order valence-electron chi connectivity index (χ3n) is 3.54. The molecule has 0 radical (unpaired) electrons. The molecule has 0 amide bonds. The summed E-state index contributed by atoms with van der Waals surface area (Å²) >= 11 is 0. The van der Waals surface area contributed by atoms with Gasteiger partial charge in [0.15, 0.2) is 0 Å². The van der Waals surface area contributed by atoms with E-state index in [1.54, 1.807) is 6.20 Å². The van der Waals surface area contributed by atoms with Gasteiger partial charge in [-0.2, -0.15) is 0 Å². The highest BCUT2D eigenvalue weighted by Crippen LogP contribution is 2.06. The van der Waals surface area contributed by atoms with E-state index < -0.39 is 0 Å². The first-order valence-corrected chi connectivity index (χ1v) is 6.93. The summed E-state index contributed by atoms with van der Waals surface area (Å²) in [6, 6.07) is 3.96.